The van der Waals surface area contributed by atoms with Crippen LogP contribution in [0.15, 0.2) is 42.9 Å². The van der Waals surface area contributed by atoms with Crippen molar-refractivity contribution in [2.24, 2.45) is 5.92 Å². The highest BCUT2D eigenvalue weighted by molar-refractivity contribution is 6.03. The first-order valence-corrected chi connectivity index (χ1v) is 9.92. The summed E-state index contributed by atoms with van der Waals surface area (Å²) in [6.45, 7) is 0. The van der Waals surface area contributed by atoms with E-state index >= 15 is 0 Å². The van der Waals surface area contributed by atoms with E-state index in [0.29, 0.717) is 17.7 Å². The van der Waals surface area contributed by atoms with Crippen molar-refractivity contribution in [3.63, 3.8) is 0 Å². The first-order chi connectivity index (χ1) is 14.2. The molecule has 0 aromatic carbocycles. The number of nitrogens with zero attached hydrogens (tertiary/aromatic N) is 5. The Bertz CT molecular complexity index is 1220. The van der Waals surface area contributed by atoms with Gasteiger partial charge in [-0.25, -0.2) is 19.5 Å². The van der Waals surface area contributed by atoms with Crippen LogP contribution in [0.2, 0.25) is 0 Å². The maximum atomic E-state index is 12.2. The molecule has 8 heteroatoms. The van der Waals surface area contributed by atoms with E-state index < -0.39 is 0 Å². The van der Waals surface area contributed by atoms with Crippen LogP contribution in [-0.4, -0.2) is 36.5 Å². The van der Waals surface area contributed by atoms with Crippen molar-refractivity contribution in [1.82, 2.24) is 24.6 Å². The van der Waals surface area contributed by atoms with E-state index in [1.807, 2.05) is 30.5 Å². The lowest BCUT2D eigenvalue weighted by molar-refractivity contribution is -0.117. The van der Waals surface area contributed by atoms with Crippen molar-refractivity contribution < 1.29 is 4.79 Å². The minimum Gasteiger partial charge on any atom is -0.367 e. The minimum absolute atomic E-state index is 0.0367. The van der Waals surface area contributed by atoms with Crippen molar-refractivity contribution in [2.75, 3.05) is 10.6 Å². The maximum absolute atomic E-state index is 12.2. The van der Waals surface area contributed by atoms with E-state index in [2.05, 4.69) is 30.7 Å². The molecule has 0 saturated heterocycles. The summed E-state index contributed by atoms with van der Waals surface area (Å²) < 4.78 is 1.74. The van der Waals surface area contributed by atoms with E-state index in [1.54, 1.807) is 16.9 Å². The molecule has 1 amide bonds. The van der Waals surface area contributed by atoms with Gasteiger partial charge in [0.1, 0.15) is 11.6 Å². The van der Waals surface area contributed by atoms with Gasteiger partial charge >= 0.3 is 0 Å². The molecule has 2 fully saturated rings. The fourth-order valence-corrected chi connectivity index (χ4v) is 3.44. The lowest BCUT2D eigenvalue weighted by Gasteiger charge is -2.12. The molecule has 29 heavy (non-hydrogen) atoms. The number of fused-ring (bicyclic) bond motifs is 2. The molecule has 4 aromatic heterocycles. The van der Waals surface area contributed by atoms with E-state index in [9.17, 15) is 4.79 Å². The Kier molecular flexibility index (Phi) is 3.53. The normalized spacial score (nSPS) is 16.3. The molecule has 0 atom stereocenters. The smallest absolute Gasteiger partial charge is 0.228 e. The Morgan fingerprint density at radius 3 is 2.76 bits per heavy atom. The SMILES string of the molecule is O=C(Nc1cc2c(-c3nc4ccccn4n3)cnc(NC3CC3)c2cn1)C1CC1. The van der Waals surface area contributed by atoms with Gasteiger partial charge in [0.25, 0.3) is 0 Å². The van der Waals surface area contributed by atoms with E-state index in [1.165, 1.54) is 0 Å². The minimum atomic E-state index is 0.0367. The van der Waals surface area contributed by atoms with Gasteiger partial charge in [0, 0.05) is 46.9 Å². The fraction of sp³-hybridized carbons (Fsp3) is 0.286. The molecule has 0 unspecified atom stereocenters. The average Bonchev–Trinajstić information content (AvgIpc) is 3.66. The van der Waals surface area contributed by atoms with Crippen LogP contribution in [0, 0.1) is 5.92 Å². The Morgan fingerprint density at radius 1 is 1.07 bits per heavy atom. The number of hydrogen-bond donors (Lipinski definition) is 2. The summed E-state index contributed by atoms with van der Waals surface area (Å²) in [6, 6.07) is 8.13. The monoisotopic (exact) mass is 385 g/mol. The zero-order chi connectivity index (χ0) is 19.4. The summed E-state index contributed by atoms with van der Waals surface area (Å²) in [5.41, 5.74) is 1.58. The number of hydrogen-bond acceptors (Lipinski definition) is 6. The van der Waals surface area contributed by atoms with Gasteiger partial charge in [-0.1, -0.05) is 6.07 Å². The Balaban J connectivity index is 1.49. The molecule has 2 aliphatic carbocycles. The van der Waals surface area contributed by atoms with Crippen LogP contribution < -0.4 is 10.6 Å². The molecular weight excluding hydrogens is 366 g/mol. The number of anilines is 2. The van der Waals surface area contributed by atoms with Crippen LogP contribution in [0.1, 0.15) is 25.7 Å². The summed E-state index contributed by atoms with van der Waals surface area (Å²) in [7, 11) is 0. The molecular formula is C21H19N7O. The van der Waals surface area contributed by atoms with Crippen LogP contribution in [0.5, 0.6) is 0 Å². The van der Waals surface area contributed by atoms with Gasteiger partial charge in [-0.15, -0.1) is 5.10 Å². The number of aromatic nitrogens is 5. The number of rotatable bonds is 5. The van der Waals surface area contributed by atoms with Gasteiger partial charge in [0.05, 0.1) is 0 Å². The van der Waals surface area contributed by atoms with Gasteiger partial charge in [-0.3, -0.25) is 4.79 Å². The Morgan fingerprint density at radius 2 is 1.97 bits per heavy atom. The van der Waals surface area contributed by atoms with Crippen LogP contribution in [0.3, 0.4) is 0 Å². The molecule has 4 heterocycles. The predicted molar refractivity (Wildman–Crippen MR) is 110 cm³/mol. The van der Waals surface area contributed by atoms with Gasteiger partial charge in [0.2, 0.25) is 5.91 Å². The molecule has 2 saturated carbocycles. The summed E-state index contributed by atoms with van der Waals surface area (Å²) in [6.07, 6.45) is 9.66. The third-order valence-corrected chi connectivity index (χ3v) is 5.37. The van der Waals surface area contributed by atoms with Crippen LogP contribution in [0.25, 0.3) is 27.8 Å². The fourth-order valence-electron chi connectivity index (χ4n) is 3.44. The largest absolute Gasteiger partial charge is 0.367 e. The third-order valence-electron chi connectivity index (χ3n) is 5.37. The standard InChI is InChI=1S/C21H19N7O/c29-21(12-4-5-12)25-17-9-14-15(10-22-17)19(24-13-6-7-13)23-11-16(14)20-26-18-3-1-2-8-28(18)27-20/h1-3,8-13H,4-7H2,(H,23,24)(H,22,25,29). The van der Waals surface area contributed by atoms with E-state index in [-0.39, 0.29) is 11.8 Å². The number of nitrogens with one attached hydrogen (secondary N) is 2. The molecule has 4 aromatic rings. The number of carbonyl (C=O) groups excluding carboxylic acids is 1. The molecule has 0 radical (unpaired) electrons. The van der Waals surface area contributed by atoms with Crippen LogP contribution in [-0.2, 0) is 4.79 Å². The highest BCUT2D eigenvalue weighted by Crippen LogP contribution is 2.35. The summed E-state index contributed by atoms with van der Waals surface area (Å²) in [5.74, 6) is 2.11. The van der Waals surface area contributed by atoms with Gasteiger partial charge in [-0.05, 0) is 43.9 Å². The second-order valence-electron chi connectivity index (χ2n) is 7.76. The lowest BCUT2D eigenvalue weighted by atomic mass is 10.1. The van der Waals surface area contributed by atoms with Gasteiger partial charge in [0.15, 0.2) is 11.5 Å². The molecule has 2 aliphatic rings. The topological polar surface area (TPSA) is 97.1 Å². The van der Waals surface area contributed by atoms with Crippen molar-refractivity contribution in [3.05, 3.63) is 42.9 Å². The van der Waals surface area contributed by atoms with Crippen LogP contribution >= 0.6 is 0 Å². The molecule has 8 nitrogen and oxygen atoms in total. The van der Waals surface area contributed by atoms with E-state index in [0.717, 1.165) is 53.5 Å². The average molecular weight is 385 g/mol. The quantitative estimate of drug-likeness (QED) is 0.547. The van der Waals surface area contributed by atoms with Gasteiger partial charge in [-0.2, -0.15) is 0 Å². The van der Waals surface area contributed by atoms with Crippen molar-refractivity contribution in [2.45, 2.75) is 31.7 Å². The highest BCUT2D eigenvalue weighted by Gasteiger charge is 2.30. The second kappa shape index (κ2) is 6.23. The summed E-state index contributed by atoms with van der Waals surface area (Å²) in [4.78, 5) is 25.9. The highest BCUT2D eigenvalue weighted by atomic mass is 16.2. The zero-order valence-electron chi connectivity index (χ0n) is 15.7. The zero-order valence-corrected chi connectivity index (χ0v) is 15.7. The maximum Gasteiger partial charge on any atom is 0.228 e. The number of carbonyl (C=O) groups is 1. The Hall–Kier alpha value is -3.55. The van der Waals surface area contributed by atoms with Crippen molar-refractivity contribution in [3.8, 4) is 11.4 Å². The summed E-state index contributed by atoms with van der Waals surface area (Å²) in [5, 5.41) is 12.8. The molecule has 0 spiro atoms. The van der Waals surface area contributed by atoms with Gasteiger partial charge < -0.3 is 10.6 Å². The lowest BCUT2D eigenvalue weighted by Crippen LogP contribution is -2.14. The molecule has 0 bridgehead atoms. The number of amides is 1. The van der Waals surface area contributed by atoms with Crippen LogP contribution in [0.4, 0.5) is 11.6 Å². The van der Waals surface area contributed by atoms with Crippen molar-refractivity contribution in [1.29, 1.82) is 0 Å². The molecule has 2 N–H and O–H groups in total. The first-order valence-electron chi connectivity index (χ1n) is 9.92. The third kappa shape index (κ3) is 3.06. The molecule has 144 valence electrons. The number of pyridine rings is 3. The van der Waals surface area contributed by atoms with Crippen molar-refractivity contribution >= 4 is 34.0 Å². The second-order valence-corrected chi connectivity index (χ2v) is 7.76. The summed E-state index contributed by atoms with van der Waals surface area (Å²) >= 11 is 0. The van der Waals surface area contributed by atoms with E-state index in [4.69, 9.17) is 0 Å². The molecule has 0 aliphatic heterocycles. The first kappa shape index (κ1) is 16.4. The Labute approximate surface area is 166 Å². The molecule has 6 rings (SSSR count). The predicted octanol–water partition coefficient (Wildman–Crippen LogP) is 3.26.